The van der Waals surface area contributed by atoms with E-state index >= 15 is 0 Å². The molecule has 34 heavy (non-hydrogen) atoms. The van der Waals surface area contributed by atoms with E-state index in [0.29, 0.717) is 6.54 Å². The van der Waals surface area contributed by atoms with Gasteiger partial charge in [-0.25, -0.2) is 0 Å². The number of methoxy groups -OCH3 is 1. The Kier molecular flexibility index (Phi) is 7.34. The monoisotopic (exact) mass is 479 g/mol. The van der Waals surface area contributed by atoms with Gasteiger partial charge in [0, 0.05) is 42.8 Å². The molecule has 0 fully saturated rings. The Balaban J connectivity index is 1.58. The number of amides is 2. The minimum absolute atomic E-state index is 0.0957. The number of nitro groups is 1. The first kappa shape index (κ1) is 23.6. The average Bonchev–Trinajstić information content (AvgIpc) is 3.35. The van der Waals surface area contributed by atoms with E-state index in [1.807, 2.05) is 35.2 Å². The van der Waals surface area contributed by atoms with Crippen LogP contribution in [0.2, 0.25) is 0 Å². The first-order valence-electron chi connectivity index (χ1n) is 10.9. The lowest BCUT2D eigenvalue weighted by molar-refractivity contribution is -0.384. The highest BCUT2D eigenvalue weighted by Crippen LogP contribution is 2.37. The molecular weight excluding hydrogens is 454 g/mol. The van der Waals surface area contributed by atoms with Gasteiger partial charge in [-0.1, -0.05) is 30.3 Å². The van der Waals surface area contributed by atoms with Gasteiger partial charge in [0.05, 0.1) is 17.6 Å². The lowest BCUT2D eigenvalue weighted by Gasteiger charge is -2.37. The third-order valence-electron chi connectivity index (χ3n) is 5.91. The van der Waals surface area contributed by atoms with Crippen molar-refractivity contribution >= 4 is 28.8 Å². The molecule has 1 aromatic heterocycles. The Hall–Kier alpha value is -3.56. The molecule has 0 saturated carbocycles. The molecule has 1 atom stereocenters. The molecule has 0 bridgehead atoms. The molecule has 0 aliphatic carbocycles. The number of nitrogens with zero attached hydrogens (tertiary/aromatic N) is 3. The summed E-state index contributed by atoms with van der Waals surface area (Å²) in [6.07, 6.45) is 0.774. The van der Waals surface area contributed by atoms with Crippen LogP contribution < -0.4 is 0 Å². The maximum absolute atomic E-state index is 13.6. The molecule has 1 aliphatic rings. The van der Waals surface area contributed by atoms with Gasteiger partial charge in [0.1, 0.15) is 6.54 Å². The average molecular weight is 480 g/mol. The van der Waals surface area contributed by atoms with Crippen LogP contribution in [0.4, 0.5) is 5.69 Å². The van der Waals surface area contributed by atoms with E-state index in [-0.39, 0.29) is 48.8 Å². The Morgan fingerprint density at radius 3 is 2.56 bits per heavy atom. The fourth-order valence-corrected chi connectivity index (χ4v) is 5.10. The van der Waals surface area contributed by atoms with Crippen molar-refractivity contribution in [2.24, 2.45) is 0 Å². The number of benzene rings is 2. The zero-order valence-electron chi connectivity index (χ0n) is 18.8. The van der Waals surface area contributed by atoms with Gasteiger partial charge < -0.3 is 14.5 Å². The zero-order valence-corrected chi connectivity index (χ0v) is 19.6. The number of fused-ring (bicyclic) bond motifs is 1. The number of carbonyl (C=O) groups is 2. The zero-order chi connectivity index (χ0) is 24.1. The van der Waals surface area contributed by atoms with Gasteiger partial charge in [0.15, 0.2) is 0 Å². The van der Waals surface area contributed by atoms with Gasteiger partial charge in [0.25, 0.3) is 11.6 Å². The molecule has 1 aliphatic heterocycles. The van der Waals surface area contributed by atoms with Crippen molar-refractivity contribution in [3.63, 3.8) is 0 Å². The first-order chi connectivity index (χ1) is 16.5. The quantitative estimate of drug-likeness (QED) is 0.361. The molecule has 0 saturated heterocycles. The van der Waals surface area contributed by atoms with Gasteiger partial charge in [0.2, 0.25) is 5.91 Å². The summed E-state index contributed by atoms with van der Waals surface area (Å²) in [5.41, 5.74) is 2.34. The second kappa shape index (κ2) is 10.6. The van der Waals surface area contributed by atoms with E-state index < -0.39 is 4.92 Å². The molecule has 2 amide bonds. The second-order valence-corrected chi connectivity index (χ2v) is 8.97. The summed E-state index contributed by atoms with van der Waals surface area (Å²) in [6.45, 7) is 0.951. The number of thiophene rings is 1. The van der Waals surface area contributed by atoms with E-state index in [1.165, 1.54) is 41.2 Å². The lowest BCUT2D eigenvalue weighted by Crippen LogP contribution is -2.47. The molecule has 9 heteroatoms. The number of nitro benzene ring substituents is 1. The number of non-ortho nitro benzene ring substituents is 1. The van der Waals surface area contributed by atoms with E-state index in [2.05, 4.69) is 11.4 Å². The summed E-state index contributed by atoms with van der Waals surface area (Å²) in [6, 6.07) is 17.2. The number of carbonyl (C=O) groups excluding carboxylic acids is 2. The minimum atomic E-state index is -0.515. The predicted octanol–water partition coefficient (Wildman–Crippen LogP) is 3.92. The molecule has 0 spiro atoms. The summed E-state index contributed by atoms with van der Waals surface area (Å²) in [4.78, 5) is 41.7. The first-order valence-corrected chi connectivity index (χ1v) is 11.8. The molecule has 2 aromatic carbocycles. The summed E-state index contributed by atoms with van der Waals surface area (Å²) >= 11 is 1.70. The predicted molar refractivity (Wildman–Crippen MR) is 129 cm³/mol. The van der Waals surface area contributed by atoms with Crippen molar-refractivity contribution in [1.29, 1.82) is 0 Å². The fraction of sp³-hybridized carbons (Fsp3) is 0.280. The molecule has 0 radical (unpaired) electrons. The van der Waals surface area contributed by atoms with Crippen molar-refractivity contribution in [1.82, 2.24) is 9.80 Å². The molecule has 3 aromatic rings. The topological polar surface area (TPSA) is 93.0 Å². The highest BCUT2D eigenvalue weighted by atomic mass is 32.1. The fourth-order valence-electron chi connectivity index (χ4n) is 4.20. The number of rotatable bonds is 8. The van der Waals surface area contributed by atoms with Crippen LogP contribution >= 0.6 is 11.3 Å². The van der Waals surface area contributed by atoms with Crippen LogP contribution in [0, 0.1) is 10.1 Å². The third kappa shape index (κ3) is 5.00. The summed E-state index contributed by atoms with van der Waals surface area (Å²) < 4.78 is 5.16. The normalized spacial score (nSPS) is 15.0. The number of hydrogen-bond acceptors (Lipinski definition) is 6. The Labute approximate surface area is 201 Å². The highest BCUT2D eigenvalue weighted by Gasteiger charge is 2.34. The largest absolute Gasteiger partial charge is 0.383 e. The van der Waals surface area contributed by atoms with E-state index in [0.717, 1.165) is 17.5 Å². The summed E-state index contributed by atoms with van der Waals surface area (Å²) in [7, 11) is 1.53. The second-order valence-electron chi connectivity index (χ2n) is 7.97. The van der Waals surface area contributed by atoms with Crippen LogP contribution in [0.3, 0.4) is 0 Å². The molecular formula is C25H25N3O5S. The number of hydrogen-bond donors (Lipinski definition) is 0. The van der Waals surface area contributed by atoms with Crippen LogP contribution in [0.25, 0.3) is 0 Å². The maximum atomic E-state index is 13.6. The van der Waals surface area contributed by atoms with Gasteiger partial charge in [-0.15, -0.1) is 11.3 Å². The van der Waals surface area contributed by atoms with Crippen LogP contribution in [0.5, 0.6) is 0 Å². The summed E-state index contributed by atoms with van der Waals surface area (Å²) in [5, 5.41) is 13.0. The molecule has 0 N–H and O–H groups in total. The highest BCUT2D eigenvalue weighted by molar-refractivity contribution is 7.10. The standard InChI is InChI=1S/C25H25N3O5S/c1-33-15-14-26(25(30)19-7-9-20(10-8-19)28(31)32)17-23(29)27-13-11-22-21(12-16-34-22)24(27)18-5-3-2-4-6-18/h2-10,12,16,24H,11,13-15,17H2,1H3. The molecule has 4 rings (SSSR count). The van der Waals surface area contributed by atoms with Gasteiger partial charge in [-0.2, -0.15) is 0 Å². The van der Waals surface area contributed by atoms with Crippen molar-refractivity contribution in [3.8, 4) is 0 Å². The van der Waals surface area contributed by atoms with E-state index in [1.54, 1.807) is 11.3 Å². The van der Waals surface area contributed by atoms with Crippen molar-refractivity contribution in [2.45, 2.75) is 12.5 Å². The maximum Gasteiger partial charge on any atom is 0.269 e. The molecule has 2 heterocycles. The van der Waals surface area contributed by atoms with Crippen LogP contribution in [0.15, 0.2) is 66.0 Å². The Bertz CT molecular complexity index is 1160. The van der Waals surface area contributed by atoms with E-state index in [9.17, 15) is 19.7 Å². The van der Waals surface area contributed by atoms with Gasteiger partial charge in [-0.05, 0) is 41.1 Å². The van der Waals surface area contributed by atoms with Crippen LogP contribution in [-0.2, 0) is 16.0 Å². The van der Waals surface area contributed by atoms with Crippen molar-refractivity contribution in [2.75, 3.05) is 33.4 Å². The minimum Gasteiger partial charge on any atom is -0.383 e. The van der Waals surface area contributed by atoms with Crippen molar-refractivity contribution in [3.05, 3.63) is 97.7 Å². The van der Waals surface area contributed by atoms with Crippen molar-refractivity contribution < 1.29 is 19.2 Å². The molecule has 1 unspecified atom stereocenters. The summed E-state index contributed by atoms with van der Waals surface area (Å²) in [5.74, 6) is -0.526. The Morgan fingerprint density at radius 1 is 1.15 bits per heavy atom. The lowest BCUT2D eigenvalue weighted by atomic mass is 9.93. The van der Waals surface area contributed by atoms with Gasteiger partial charge >= 0.3 is 0 Å². The third-order valence-corrected chi connectivity index (χ3v) is 6.90. The number of ether oxygens (including phenoxy) is 1. The SMILES string of the molecule is COCCN(CC(=O)N1CCc2sccc2C1c1ccccc1)C(=O)c1ccc([N+](=O)[O-])cc1. The van der Waals surface area contributed by atoms with Crippen LogP contribution in [0.1, 0.15) is 32.4 Å². The molecule has 8 nitrogen and oxygen atoms in total. The molecule has 176 valence electrons. The smallest absolute Gasteiger partial charge is 0.269 e. The van der Waals surface area contributed by atoms with Gasteiger partial charge in [-0.3, -0.25) is 19.7 Å². The van der Waals surface area contributed by atoms with E-state index in [4.69, 9.17) is 4.74 Å². The Morgan fingerprint density at radius 2 is 1.88 bits per heavy atom. The van der Waals surface area contributed by atoms with Crippen LogP contribution in [-0.4, -0.2) is 59.9 Å².